The second-order valence-corrected chi connectivity index (χ2v) is 9.74. The van der Waals surface area contributed by atoms with Gasteiger partial charge < -0.3 is 19.7 Å². The van der Waals surface area contributed by atoms with Gasteiger partial charge in [0, 0.05) is 17.6 Å². The molecule has 1 saturated carbocycles. The third-order valence-corrected chi connectivity index (χ3v) is 6.71. The normalized spacial score (nSPS) is 14.9. The zero-order valence-corrected chi connectivity index (χ0v) is 22.1. The lowest BCUT2D eigenvalue weighted by molar-refractivity contribution is -0.140. The minimum absolute atomic E-state index is 0.0466. The minimum atomic E-state index is -0.915. The summed E-state index contributed by atoms with van der Waals surface area (Å²) >= 11 is 12.4. The van der Waals surface area contributed by atoms with E-state index in [4.69, 9.17) is 32.7 Å². The number of methoxy groups -OCH3 is 1. The first-order valence-electron chi connectivity index (χ1n) is 12.1. The van der Waals surface area contributed by atoms with Crippen LogP contribution in [0.1, 0.15) is 63.1 Å². The molecule has 0 aliphatic heterocycles. The number of nitrogens with one attached hydrogen (secondary N) is 1. The Morgan fingerprint density at radius 1 is 1.09 bits per heavy atom. The van der Waals surface area contributed by atoms with E-state index in [1.165, 1.54) is 11.3 Å². The number of carbonyl (C=O) groups is 2. The molecular weight excluding hydrogens is 487 g/mol. The molecule has 35 heavy (non-hydrogen) atoms. The second kappa shape index (κ2) is 13.0. The van der Waals surface area contributed by atoms with Crippen LogP contribution in [-0.4, -0.2) is 41.8 Å². The van der Waals surface area contributed by atoms with Crippen molar-refractivity contribution < 1.29 is 19.1 Å². The molecule has 0 heterocycles. The summed E-state index contributed by atoms with van der Waals surface area (Å²) in [6.45, 7) is 4.00. The van der Waals surface area contributed by atoms with Crippen molar-refractivity contribution in [3.8, 4) is 11.5 Å². The Morgan fingerprint density at radius 3 is 2.43 bits per heavy atom. The van der Waals surface area contributed by atoms with Gasteiger partial charge in [0.15, 0.2) is 11.5 Å². The molecule has 0 spiro atoms. The van der Waals surface area contributed by atoms with Crippen molar-refractivity contribution in [3.05, 3.63) is 58.6 Å². The Bertz CT molecular complexity index is 1010. The van der Waals surface area contributed by atoms with Crippen molar-refractivity contribution in [3.63, 3.8) is 0 Å². The molecule has 1 atom stereocenters. The summed E-state index contributed by atoms with van der Waals surface area (Å²) in [6, 6.07) is 11.8. The number of rotatable bonds is 10. The van der Waals surface area contributed by atoms with Gasteiger partial charge in [0.2, 0.25) is 11.8 Å². The van der Waals surface area contributed by atoms with E-state index in [1.54, 1.807) is 31.4 Å². The van der Waals surface area contributed by atoms with Crippen molar-refractivity contribution in [1.82, 2.24) is 10.2 Å². The number of hydrogen-bond acceptors (Lipinski definition) is 4. The summed E-state index contributed by atoms with van der Waals surface area (Å²) in [5.74, 6) is 0.184. The minimum Gasteiger partial charge on any atom is -0.493 e. The van der Waals surface area contributed by atoms with Crippen molar-refractivity contribution in [2.45, 2.75) is 70.7 Å². The first kappa shape index (κ1) is 27.2. The van der Waals surface area contributed by atoms with E-state index >= 15 is 0 Å². The standard InChI is InChI=1S/C27H34Cl2N2O4/c1-18(2)35-23-14-13-19(15-24(23)34-3)26(27(33)30-21-10-5-4-6-11-21)31(25(32)16-28)17-20-9-7-8-12-22(20)29/h7-9,12-15,18,21,26H,4-6,10-11,16-17H2,1-3H3,(H,30,33)/t26-/m1/s1. The Morgan fingerprint density at radius 2 is 1.80 bits per heavy atom. The average molecular weight is 521 g/mol. The number of nitrogens with zero attached hydrogens (tertiary/aromatic N) is 1. The lowest BCUT2D eigenvalue weighted by atomic mass is 9.94. The lowest BCUT2D eigenvalue weighted by Crippen LogP contribution is -2.47. The summed E-state index contributed by atoms with van der Waals surface area (Å²) in [5, 5.41) is 3.70. The largest absolute Gasteiger partial charge is 0.493 e. The van der Waals surface area contributed by atoms with Crippen LogP contribution < -0.4 is 14.8 Å². The van der Waals surface area contributed by atoms with Gasteiger partial charge in [0.25, 0.3) is 0 Å². The second-order valence-electron chi connectivity index (χ2n) is 9.07. The van der Waals surface area contributed by atoms with Crippen molar-refractivity contribution in [2.75, 3.05) is 13.0 Å². The molecule has 3 rings (SSSR count). The van der Waals surface area contributed by atoms with Crippen LogP contribution in [0.15, 0.2) is 42.5 Å². The quantitative estimate of drug-likeness (QED) is 0.396. The number of halogens is 2. The van der Waals surface area contributed by atoms with Crippen LogP contribution >= 0.6 is 23.2 Å². The molecule has 1 N–H and O–H groups in total. The SMILES string of the molecule is COc1cc([C@H](C(=O)NC2CCCCC2)N(Cc2ccccc2Cl)C(=O)CCl)ccc1OC(C)C. The molecule has 0 radical (unpaired) electrons. The Kier molecular flexibility index (Phi) is 10.1. The van der Waals surface area contributed by atoms with E-state index in [9.17, 15) is 9.59 Å². The molecule has 2 aromatic carbocycles. The molecule has 0 saturated heterocycles. The topological polar surface area (TPSA) is 67.9 Å². The summed E-state index contributed by atoms with van der Waals surface area (Å²) < 4.78 is 11.4. The van der Waals surface area contributed by atoms with Crippen LogP contribution in [0.25, 0.3) is 0 Å². The van der Waals surface area contributed by atoms with Gasteiger partial charge in [0.1, 0.15) is 11.9 Å². The molecule has 8 heteroatoms. The van der Waals surface area contributed by atoms with E-state index in [2.05, 4.69) is 5.32 Å². The maximum Gasteiger partial charge on any atom is 0.247 e. The molecule has 1 aliphatic carbocycles. The van der Waals surface area contributed by atoms with Crippen LogP contribution in [-0.2, 0) is 16.1 Å². The number of alkyl halides is 1. The third kappa shape index (κ3) is 7.28. The molecule has 2 amide bonds. The highest BCUT2D eigenvalue weighted by atomic mass is 35.5. The third-order valence-electron chi connectivity index (χ3n) is 6.11. The van der Waals surface area contributed by atoms with Crippen LogP contribution in [0.2, 0.25) is 5.02 Å². The van der Waals surface area contributed by atoms with E-state index in [0.717, 1.165) is 31.2 Å². The number of benzene rings is 2. The van der Waals surface area contributed by atoms with Gasteiger partial charge in [-0.15, -0.1) is 11.6 Å². The number of amides is 2. The maximum atomic E-state index is 13.8. The van der Waals surface area contributed by atoms with E-state index < -0.39 is 6.04 Å². The van der Waals surface area contributed by atoms with Crippen LogP contribution in [0.4, 0.5) is 0 Å². The lowest BCUT2D eigenvalue weighted by Gasteiger charge is -2.33. The van der Waals surface area contributed by atoms with Crippen LogP contribution in [0, 0.1) is 0 Å². The predicted molar refractivity (Wildman–Crippen MR) is 139 cm³/mol. The highest BCUT2D eigenvalue weighted by molar-refractivity contribution is 6.31. The van der Waals surface area contributed by atoms with Crippen molar-refractivity contribution in [1.29, 1.82) is 0 Å². The summed E-state index contributed by atoms with van der Waals surface area (Å²) in [7, 11) is 1.55. The molecule has 0 bridgehead atoms. The molecule has 1 fully saturated rings. The van der Waals surface area contributed by atoms with Gasteiger partial charge in [0.05, 0.1) is 13.2 Å². The first-order valence-corrected chi connectivity index (χ1v) is 13.0. The molecule has 2 aromatic rings. The fourth-order valence-corrected chi connectivity index (χ4v) is 4.76. The van der Waals surface area contributed by atoms with Gasteiger partial charge in [-0.05, 0) is 56.0 Å². The number of carbonyl (C=O) groups excluding carboxylic acids is 2. The van der Waals surface area contributed by atoms with Crippen molar-refractivity contribution >= 4 is 35.0 Å². The summed E-state index contributed by atoms with van der Waals surface area (Å²) in [5.41, 5.74) is 1.34. The average Bonchev–Trinajstić information content (AvgIpc) is 2.85. The van der Waals surface area contributed by atoms with Gasteiger partial charge in [-0.25, -0.2) is 0 Å². The number of ether oxygens (including phenoxy) is 2. The Balaban J connectivity index is 2.03. The molecular formula is C27H34Cl2N2O4. The highest BCUT2D eigenvalue weighted by Crippen LogP contribution is 2.34. The highest BCUT2D eigenvalue weighted by Gasteiger charge is 2.33. The van der Waals surface area contributed by atoms with Crippen LogP contribution in [0.3, 0.4) is 0 Å². The van der Waals surface area contributed by atoms with E-state index in [1.807, 2.05) is 32.0 Å². The molecule has 6 nitrogen and oxygen atoms in total. The van der Waals surface area contributed by atoms with E-state index in [-0.39, 0.29) is 36.4 Å². The van der Waals surface area contributed by atoms with Crippen LogP contribution in [0.5, 0.6) is 11.5 Å². The maximum absolute atomic E-state index is 13.8. The predicted octanol–water partition coefficient (Wildman–Crippen LogP) is 5.89. The molecule has 0 aromatic heterocycles. The molecule has 0 unspecified atom stereocenters. The molecule has 1 aliphatic rings. The summed E-state index contributed by atoms with van der Waals surface area (Å²) in [6.07, 6.45) is 5.14. The van der Waals surface area contributed by atoms with Gasteiger partial charge in [-0.2, -0.15) is 0 Å². The van der Waals surface area contributed by atoms with Gasteiger partial charge in [-0.1, -0.05) is 55.1 Å². The monoisotopic (exact) mass is 520 g/mol. The van der Waals surface area contributed by atoms with Gasteiger partial charge in [-0.3, -0.25) is 9.59 Å². The zero-order valence-electron chi connectivity index (χ0n) is 20.6. The van der Waals surface area contributed by atoms with Crippen molar-refractivity contribution in [2.24, 2.45) is 0 Å². The van der Waals surface area contributed by atoms with E-state index in [0.29, 0.717) is 22.1 Å². The fraction of sp³-hybridized carbons (Fsp3) is 0.481. The smallest absolute Gasteiger partial charge is 0.247 e. The first-order chi connectivity index (χ1) is 16.8. The molecule has 190 valence electrons. The Labute approximate surface area is 217 Å². The zero-order chi connectivity index (χ0) is 25.4. The summed E-state index contributed by atoms with van der Waals surface area (Å²) in [4.78, 5) is 28.4. The number of hydrogen-bond donors (Lipinski definition) is 1. The van der Waals surface area contributed by atoms with Gasteiger partial charge >= 0.3 is 0 Å². The Hall–Kier alpha value is -2.44. The fourth-order valence-electron chi connectivity index (χ4n) is 4.42.